The number of amides is 1. The molecule has 1 aromatic rings. The van der Waals surface area contributed by atoms with Gasteiger partial charge in [0.15, 0.2) is 5.17 Å². The third kappa shape index (κ3) is 3.87. The number of hydrogen-bond donors (Lipinski definition) is 0. The summed E-state index contributed by atoms with van der Waals surface area (Å²) in [5.74, 6) is -0.690. The molecule has 1 amide bonds. The van der Waals surface area contributed by atoms with Gasteiger partial charge in [0.05, 0.1) is 29.2 Å². The van der Waals surface area contributed by atoms with Crippen molar-refractivity contribution >= 4 is 52.0 Å². The van der Waals surface area contributed by atoms with Crippen molar-refractivity contribution in [1.82, 2.24) is 4.90 Å². The van der Waals surface area contributed by atoms with Crippen LogP contribution < -0.4 is 0 Å². The van der Waals surface area contributed by atoms with Crippen LogP contribution in [0.4, 0.5) is 0 Å². The van der Waals surface area contributed by atoms with Crippen LogP contribution in [0.1, 0.15) is 25.5 Å². The molecule has 0 N–H and O–H groups in total. The Morgan fingerprint density at radius 1 is 1.33 bits per heavy atom. The van der Waals surface area contributed by atoms with Crippen LogP contribution in [0.3, 0.4) is 0 Å². The fourth-order valence-corrected chi connectivity index (χ4v) is 4.52. The molecule has 6 nitrogen and oxygen atoms in total. The zero-order valence-corrected chi connectivity index (χ0v) is 17.3. The van der Waals surface area contributed by atoms with E-state index in [1.807, 2.05) is 0 Å². The van der Waals surface area contributed by atoms with E-state index < -0.39 is 12.0 Å². The summed E-state index contributed by atoms with van der Waals surface area (Å²) < 4.78 is 10.2. The molecule has 3 rings (SSSR count). The van der Waals surface area contributed by atoms with E-state index in [0.717, 1.165) is 0 Å². The van der Waals surface area contributed by atoms with Crippen molar-refractivity contribution in [2.24, 2.45) is 4.99 Å². The molecule has 0 aromatic heterocycles. The molecule has 2 aliphatic rings. The summed E-state index contributed by atoms with van der Waals surface area (Å²) in [5.41, 5.74) is 1.37. The Labute approximate surface area is 171 Å². The van der Waals surface area contributed by atoms with E-state index in [-0.39, 0.29) is 29.9 Å². The van der Waals surface area contributed by atoms with Crippen LogP contribution in [0.25, 0.3) is 0 Å². The molecular formula is C18H18Cl2N2O4S. The van der Waals surface area contributed by atoms with E-state index in [2.05, 4.69) is 4.99 Å². The van der Waals surface area contributed by atoms with E-state index >= 15 is 0 Å². The molecule has 144 valence electrons. The number of thioether (sulfide) groups is 1. The van der Waals surface area contributed by atoms with Gasteiger partial charge in [-0.15, -0.1) is 0 Å². The number of ether oxygens (including phenoxy) is 2. The second-order valence-electron chi connectivity index (χ2n) is 6.06. The largest absolute Gasteiger partial charge is 0.460 e. The monoisotopic (exact) mass is 428 g/mol. The number of rotatable bonds is 5. The van der Waals surface area contributed by atoms with Gasteiger partial charge in [-0.25, -0.2) is 9.79 Å². The highest BCUT2D eigenvalue weighted by Crippen LogP contribution is 2.45. The Hall–Kier alpha value is -1.54. The lowest BCUT2D eigenvalue weighted by Crippen LogP contribution is -2.40. The average Bonchev–Trinajstić information content (AvgIpc) is 2.88. The number of nitrogens with zero attached hydrogens (tertiary/aromatic N) is 2. The highest BCUT2D eigenvalue weighted by molar-refractivity contribution is 8.15. The van der Waals surface area contributed by atoms with E-state index in [0.29, 0.717) is 26.5 Å². The summed E-state index contributed by atoms with van der Waals surface area (Å²) in [4.78, 5) is 31.6. The first-order chi connectivity index (χ1) is 12.8. The fourth-order valence-electron chi connectivity index (χ4n) is 2.98. The van der Waals surface area contributed by atoms with Gasteiger partial charge in [-0.05, 0) is 31.5 Å². The summed E-state index contributed by atoms with van der Waals surface area (Å²) in [6.45, 7) is 3.90. The molecule has 0 spiro atoms. The maximum Gasteiger partial charge on any atom is 0.338 e. The lowest BCUT2D eigenvalue weighted by Gasteiger charge is -2.33. The summed E-state index contributed by atoms with van der Waals surface area (Å²) in [6, 6.07) is 4.26. The number of methoxy groups -OCH3 is 1. The van der Waals surface area contributed by atoms with Crippen molar-refractivity contribution in [1.29, 1.82) is 0 Å². The molecule has 1 fully saturated rings. The summed E-state index contributed by atoms with van der Waals surface area (Å²) in [6.07, 6.45) is 0. The standard InChI is InChI=1S/C18H18Cl2N2O4S/c1-9-14(17(24)26-7-6-25-3)15(12-5-4-11(19)8-13(12)20)22-16(23)10(2)27-18(22)21-9/h4-5,8,10,15H,6-7H2,1-3H3/t10-,15+/m1/s1. The molecule has 0 unspecified atom stereocenters. The Morgan fingerprint density at radius 3 is 2.74 bits per heavy atom. The first kappa shape index (κ1) is 20.2. The maximum absolute atomic E-state index is 12.8. The molecule has 2 atom stereocenters. The molecule has 2 aliphatic heterocycles. The van der Waals surface area contributed by atoms with Gasteiger partial charge in [0, 0.05) is 17.2 Å². The molecule has 1 aromatic carbocycles. The minimum atomic E-state index is -0.720. The lowest BCUT2D eigenvalue weighted by molar-refractivity contribution is -0.141. The van der Waals surface area contributed by atoms with Gasteiger partial charge in [-0.3, -0.25) is 9.69 Å². The predicted molar refractivity (Wildman–Crippen MR) is 106 cm³/mol. The minimum absolute atomic E-state index is 0.100. The van der Waals surface area contributed by atoms with Crippen molar-refractivity contribution in [2.45, 2.75) is 25.1 Å². The van der Waals surface area contributed by atoms with Crippen molar-refractivity contribution in [3.05, 3.63) is 45.1 Å². The van der Waals surface area contributed by atoms with Crippen LogP contribution in [0, 0.1) is 0 Å². The third-order valence-corrected chi connectivity index (χ3v) is 5.87. The average molecular weight is 429 g/mol. The number of aliphatic imine (C=N–C) groups is 1. The van der Waals surface area contributed by atoms with Gasteiger partial charge in [-0.1, -0.05) is 41.0 Å². The molecule has 0 bridgehead atoms. The van der Waals surface area contributed by atoms with E-state index in [4.69, 9.17) is 32.7 Å². The molecule has 0 aliphatic carbocycles. The Kier molecular flexibility index (Phi) is 6.15. The fraction of sp³-hybridized carbons (Fsp3) is 0.389. The maximum atomic E-state index is 12.8. The van der Waals surface area contributed by atoms with Gasteiger partial charge in [0.2, 0.25) is 5.91 Å². The van der Waals surface area contributed by atoms with Crippen molar-refractivity contribution in [3.63, 3.8) is 0 Å². The Bertz CT molecular complexity index is 856. The van der Waals surface area contributed by atoms with E-state index in [9.17, 15) is 9.59 Å². The van der Waals surface area contributed by atoms with Crippen LogP contribution in [0.15, 0.2) is 34.5 Å². The molecular weight excluding hydrogens is 411 g/mol. The van der Waals surface area contributed by atoms with Crippen LogP contribution in [0.2, 0.25) is 10.0 Å². The van der Waals surface area contributed by atoms with Crippen molar-refractivity contribution < 1.29 is 19.1 Å². The van der Waals surface area contributed by atoms with Crippen LogP contribution in [0.5, 0.6) is 0 Å². The highest BCUT2D eigenvalue weighted by Gasteiger charge is 2.46. The molecule has 0 saturated carbocycles. The number of benzene rings is 1. The van der Waals surface area contributed by atoms with Crippen LogP contribution >= 0.6 is 35.0 Å². The normalized spacial score (nSPS) is 22.0. The number of amidine groups is 1. The topological polar surface area (TPSA) is 68.2 Å². The molecule has 1 saturated heterocycles. The first-order valence-electron chi connectivity index (χ1n) is 8.25. The minimum Gasteiger partial charge on any atom is -0.460 e. The van der Waals surface area contributed by atoms with Gasteiger partial charge in [0.25, 0.3) is 0 Å². The number of esters is 1. The second kappa shape index (κ2) is 8.22. The lowest BCUT2D eigenvalue weighted by atomic mass is 9.94. The van der Waals surface area contributed by atoms with E-state index in [1.165, 1.54) is 23.8 Å². The zero-order chi connectivity index (χ0) is 19.7. The summed E-state index contributed by atoms with van der Waals surface area (Å²) >= 11 is 13.8. The number of halogens is 2. The predicted octanol–water partition coefficient (Wildman–Crippen LogP) is 3.83. The summed E-state index contributed by atoms with van der Waals surface area (Å²) in [5, 5.41) is 1.08. The van der Waals surface area contributed by atoms with Crippen molar-refractivity contribution in [3.8, 4) is 0 Å². The quantitative estimate of drug-likeness (QED) is 0.526. The number of carbonyl (C=O) groups is 2. The van der Waals surface area contributed by atoms with Gasteiger partial charge < -0.3 is 9.47 Å². The molecule has 9 heteroatoms. The van der Waals surface area contributed by atoms with Crippen molar-refractivity contribution in [2.75, 3.05) is 20.3 Å². The number of allylic oxidation sites excluding steroid dienone is 1. The SMILES string of the molecule is COCCOC(=O)C1=C(C)N=C2S[C@H](C)C(=O)N2[C@H]1c1ccc(Cl)cc1Cl. The van der Waals surface area contributed by atoms with Crippen LogP contribution in [-0.2, 0) is 19.1 Å². The Morgan fingerprint density at radius 2 is 2.07 bits per heavy atom. The zero-order valence-electron chi connectivity index (χ0n) is 15.0. The number of fused-ring (bicyclic) bond motifs is 1. The Balaban J connectivity index is 2.09. The van der Waals surface area contributed by atoms with Gasteiger partial charge >= 0.3 is 5.97 Å². The summed E-state index contributed by atoms with van der Waals surface area (Å²) in [7, 11) is 1.52. The molecule has 0 radical (unpaired) electrons. The van der Waals surface area contributed by atoms with Gasteiger partial charge in [0.1, 0.15) is 6.61 Å². The second-order valence-corrected chi connectivity index (χ2v) is 8.21. The molecule has 27 heavy (non-hydrogen) atoms. The van der Waals surface area contributed by atoms with Crippen LogP contribution in [-0.4, -0.2) is 47.5 Å². The number of hydrogen-bond acceptors (Lipinski definition) is 6. The number of carbonyl (C=O) groups excluding carboxylic acids is 2. The smallest absolute Gasteiger partial charge is 0.338 e. The van der Waals surface area contributed by atoms with E-state index in [1.54, 1.807) is 32.0 Å². The third-order valence-electron chi connectivity index (χ3n) is 4.26. The first-order valence-corrected chi connectivity index (χ1v) is 9.89. The molecule has 2 heterocycles. The van der Waals surface area contributed by atoms with Gasteiger partial charge in [-0.2, -0.15) is 0 Å². The highest BCUT2D eigenvalue weighted by atomic mass is 35.5.